The molecule has 0 spiro atoms. The molecule has 1 fully saturated rings. The number of hydrogen-bond acceptors (Lipinski definition) is 3. The van der Waals surface area contributed by atoms with Crippen LogP contribution < -0.4 is 16.0 Å². The summed E-state index contributed by atoms with van der Waals surface area (Å²) in [6, 6.07) is 10.3. The van der Waals surface area contributed by atoms with Gasteiger partial charge in [-0.05, 0) is 48.9 Å². The molecule has 24 heavy (non-hydrogen) atoms. The van der Waals surface area contributed by atoms with Crippen molar-refractivity contribution in [1.82, 2.24) is 10.3 Å². The van der Waals surface area contributed by atoms with Gasteiger partial charge in [0.25, 0.3) is 0 Å². The van der Waals surface area contributed by atoms with E-state index in [1.807, 2.05) is 12.1 Å². The molecule has 2 amide bonds. The molecule has 5 nitrogen and oxygen atoms in total. The van der Waals surface area contributed by atoms with Crippen LogP contribution in [-0.2, 0) is 12.8 Å². The minimum atomic E-state index is -0.185. The number of para-hydroxylation sites is 1. The number of benzene rings is 1. The first-order valence-electron chi connectivity index (χ1n) is 8.61. The lowest BCUT2D eigenvalue weighted by atomic mass is 10.0. The minimum absolute atomic E-state index is 0.185. The normalized spacial score (nSPS) is 13.4. The fourth-order valence-corrected chi connectivity index (χ4v) is 2.65. The predicted octanol–water partition coefficient (Wildman–Crippen LogP) is 4.23. The molecule has 0 unspecified atom stereocenters. The van der Waals surface area contributed by atoms with Crippen molar-refractivity contribution in [2.24, 2.45) is 0 Å². The van der Waals surface area contributed by atoms with E-state index < -0.39 is 0 Å². The van der Waals surface area contributed by atoms with Crippen LogP contribution in [0.25, 0.3) is 0 Å². The summed E-state index contributed by atoms with van der Waals surface area (Å²) in [6.07, 6.45) is 5.84. The van der Waals surface area contributed by atoms with Crippen LogP contribution >= 0.6 is 0 Å². The Kier molecular flexibility index (Phi) is 4.99. The third-order valence-electron chi connectivity index (χ3n) is 4.19. The molecule has 0 aliphatic heterocycles. The van der Waals surface area contributed by atoms with Crippen LogP contribution in [0, 0.1) is 0 Å². The highest BCUT2D eigenvalue weighted by molar-refractivity contribution is 5.88. The van der Waals surface area contributed by atoms with Gasteiger partial charge in [-0.3, -0.25) is 5.32 Å². The second-order valence-corrected chi connectivity index (χ2v) is 6.09. The van der Waals surface area contributed by atoms with E-state index in [0.29, 0.717) is 11.9 Å². The maximum Gasteiger partial charge on any atom is 0.320 e. The molecular weight excluding hydrogens is 300 g/mol. The topological polar surface area (TPSA) is 66.0 Å². The SMILES string of the molecule is CCc1cccc(CC)c1Nc1ccc(NC(=O)NC2CC2)nc1. The Balaban J connectivity index is 1.69. The molecular formula is C19H24N4O. The third kappa shape index (κ3) is 4.04. The summed E-state index contributed by atoms with van der Waals surface area (Å²) in [5.41, 5.74) is 4.66. The second-order valence-electron chi connectivity index (χ2n) is 6.09. The molecule has 0 atom stereocenters. The Bertz CT molecular complexity index is 686. The number of pyridine rings is 1. The fraction of sp³-hybridized carbons (Fsp3) is 0.368. The lowest BCUT2D eigenvalue weighted by Gasteiger charge is -2.15. The molecule has 2 aromatic rings. The highest BCUT2D eigenvalue weighted by Crippen LogP contribution is 2.26. The summed E-state index contributed by atoms with van der Waals surface area (Å²) in [6.45, 7) is 4.31. The lowest BCUT2D eigenvalue weighted by Crippen LogP contribution is -2.30. The molecule has 0 radical (unpaired) electrons. The zero-order chi connectivity index (χ0) is 16.9. The standard InChI is InChI=1S/C19H24N4O/c1-3-13-6-5-7-14(4-2)18(13)21-16-10-11-17(20-12-16)23-19(24)22-15-8-9-15/h5-7,10-12,15,21H,3-4,8-9H2,1-2H3,(H2,20,22,23,24). The van der Waals surface area contributed by atoms with E-state index in [9.17, 15) is 4.79 Å². The second kappa shape index (κ2) is 7.34. The summed E-state index contributed by atoms with van der Waals surface area (Å²) >= 11 is 0. The van der Waals surface area contributed by atoms with Gasteiger partial charge in [0.2, 0.25) is 0 Å². The largest absolute Gasteiger partial charge is 0.354 e. The Hall–Kier alpha value is -2.56. The molecule has 1 aliphatic carbocycles. The fourth-order valence-electron chi connectivity index (χ4n) is 2.65. The van der Waals surface area contributed by atoms with Crippen molar-refractivity contribution in [2.45, 2.75) is 45.6 Å². The van der Waals surface area contributed by atoms with Crippen molar-refractivity contribution < 1.29 is 4.79 Å². The maximum absolute atomic E-state index is 11.7. The molecule has 1 aliphatic rings. The van der Waals surface area contributed by atoms with E-state index in [1.165, 1.54) is 11.1 Å². The average Bonchev–Trinajstić information content (AvgIpc) is 3.40. The number of aryl methyl sites for hydroxylation is 2. The van der Waals surface area contributed by atoms with Crippen LogP contribution in [-0.4, -0.2) is 17.1 Å². The lowest BCUT2D eigenvalue weighted by molar-refractivity contribution is 0.251. The summed E-state index contributed by atoms with van der Waals surface area (Å²) in [5.74, 6) is 0.554. The number of nitrogens with zero attached hydrogens (tertiary/aromatic N) is 1. The van der Waals surface area contributed by atoms with Crippen molar-refractivity contribution in [1.29, 1.82) is 0 Å². The molecule has 3 rings (SSSR count). The Morgan fingerprint density at radius 3 is 2.38 bits per heavy atom. The molecule has 1 saturated carbocycles. The molecule has 1 aromatic heterocycles. The van der Waals surface area contributed by atoms with E-state index in [1.54, 1.807) is 6.20 Å². The summed E-state index contributed by atoms with van der Waals surface area (Å²) in [4.78, 5) is 16.0. The Morgan fingerprint density at radius 1 is 1.12 bits per heavy atom. The molecule has 126 valence electrons. The van der Waals surface area contributed by atoms with Crippen LogP contribution in [0.4, 0.5) is 22.0 Å². The smallest absolute Gasteiger partial charge is 0.320 e. The van der Waals surface area contributed by atoms with E-state index in [-0.39, 0.29) is 6.03 Å². The average molecular weight is 324 g/mol. The molecule has 3 N–H and O–H groups in total. The first kappa shape index (κ1) is 16.3. The van der Waals surface area contributed by atoms with Crippen molar-refractivity contribution in [3.05, 3.63) is 47.7 Å². The van der Waals surface area contributed by atoms with Gasteiger partial charge < -0.3 is 10.6 Å². The number of carbonyl (C=O) groups is 1. The maximum atomic E-state index is 11.7. The van der Waals surface area contributed by atoms with Gasteiger partial charge in [0.05, 0.1) is 11.9 Å². The van der Waals surface area contributed by atoms with Crippen molar-refractivity contribution in [2.75, 3.05) is 10.6 Å². The van der Waals surface area contributed by atoms with Gasteiger partial charge in [-0.15, -0.1) is 0 Å². The van der Waals surface area contributed by atoms with Crippen molar-refractivity contribution >= 4 is 23.2 Å². The summed E-state index contributed by atoms with van der Waals surface area (Å²) in [7, 11) is 0. The zero-order valence-electron chi connectivity index (χ0n) is 14.2. The quantitative estimate of drug-likeness (QED) is 0.745. The van der Waals surface area contributed by atoms with Crippen molar-refractivity contribution in [3.63, 3.8) is 0 Å². The molecule has 1 aromatic carbocycles. The van der Waals surface area contributed by atoms with Gasteiger partial charge >= 0.3 is 6.03 Å². The van der Waals surface area contributed by atoms with Crippen LogP contribution in [0.3, 0.4) is 0 Å². The number of hydrogen-bond donors (Lipinski definition) is 3. The molecule has 5 heteroatoms. The third-order valence-corrected chi connectivity index (χ3v) is 4.19. The number of aromatic nitrogens is 1. The highest BCUT2D eigenvalue weighted by atomic mass is 16.2. The molecule has 0 saturated heterocycles. The molecule has 0 bridgehead atoms. The zero-order valence-corrected chi connectivity index (χ0v) is 14.2. The van der Waals surface area contributed by atoms with E-state index in [4.69, 9.17) is 0 Å². The highest BCUT2D eigenvalue weighted by Gasteiger charge is 2.23. The van der Waals surface area contributed by atoms with Crippen LogP contribution in [0.15, 0.2) is 36.5 Å². The van der Waals surface area contributed by atoms with E-state index in [0.717, 1.165) is 37.1 Å². The van der Waals surface area contributed by atoms with Gasteiger partial charge in [-0.1, -0.05) is 32.0 Å². The van der Waals surface area contributed by atoms with Crippen molar-refractivity contribution in [3.8, 4) is 0 Å². The van der Waals surface area contributed by atoms with Gasteiger partial charge in [0.1, 0.15) is 5.82 Å². The first-order chi connectivity index (χ1) is 11.7. The minimum Gasteiger partial charge on any atom is -0.354 e. The number of rotatable bonds is 6. The van der Waals surface area contributed by atoms with Crippen LogP contribution in [0.5, 0.6) is 0 Å². The van der Waals surface area contributed by atoms with Gasteiger partial charge in [-0.25, -0.2) is 9.78 Å². The number of carbonyl (C=O) groups excluding carboxylic acids is 1. The predicted molar refractivity (Wildman–Crippen MR) is 97.9 cm³/mol. The summed E-state index contributed by atoms with van der Waals surface area (Å²) in [5, 5.41) is 9.12. The van der Waals surface area contributed by atoms with Gasteiger partial charge in [0, 0.05) is 11.7 Å². The van der Waals surface area contributed by atoms with Gasteiger partial charge in [-0.2, -0.15) is 0 Å². The van der Waals surface area contributed by atoms with Crippen LogP contribution in [0.2, 0.25) is 0 Å². The number of nitrogens with one attached hydrogen (secondary N) is 3. The molecule has 1 heterocycles. The van der Waals surface area contributed by atoms with E-state index >= 15 is 0 Å². The summed E-state index contributed by atoms with van der Waals surface area (Å²) < 4.78 is 0. The van der Waals surface area contributed by atoms with E-state index in [2.05, 4.69) is 53.0 Å². The van der Waals surface area contributed by atoms with Gasteiger partial charge in [0.15, 0.2) is 0 Å². The first-order valence-corrected chi connectivity index (χ1v) is 8.61. The number of urea groups is 1. The van der Waals surface area contributed by atoms with Crippen LogP contribution in [0.1, 0.15) is 37.8 Å². The Labute approximate surface area is 142 Å². The monoisotopic (exact) mass is 324 g/mol. The number of anilines is 3. The Morgan fingerprint density at radius 2 is 1.83 bits per heavy atom. The number of amides is 2.